The van der Waals surface area contributed by atoms with Gasteiger partial charge in [-0.1, -0.05) is 28.1 Å². The number of ether oxygens (including phenoxy) is 1. The van der Waals surface area contributed by atoms with Crippen molar-refractivity contribution in [2.45, 2.75) is 18.9 Å². The molecule has 1 aromatic rings. The van der Waals surface area contributed by atoms with Crippen LogP contribution in [0.25, 0.3) is 0 Å². The predicted octanol–water partition coefficient (Wildman–Crippen LogP) is 3.38. The van der Waals surface area contributed by atoms with Gasteiger partial charge in [-0.2, -0.15) is 0 Å². The van der Waals surface area contributed by atoms with Crippen LogP contribution in [0.1, 0.15) is 18.0 Å². The molecule has 96 valence electrons. The molecule has 5 heteroatoms. The zero-order valence-corrected chi connectivity index (χ0v) is 11.2. The van der Waals surface area contributed by atoms with Crippen molar-refractivity contribution >= 4 is 15.9 Å². The molecule has 0 spiro atoms. The van der Waals surface area contributed by atoms with Gasteiger partial charge >= 0.3 is 0 Å². The van der Waals surface area contributed by atoms with Crippen LogP contribution in [0.5, 0.6) is 0 Å². The van der Waals surface area contributed by atoms with E-state index in [1.54, 1.807) is 0 Å². The maximum Gasteiger partial charge on any atom is 0.261 e. The van der Waals surface area contributed by atoms with Gasteiger partial charge in [-0.05, 0) is 31.2 Å². The second-order valence-corrected chi connectivity index (χ2v) is 4.56. The van der Waals surface area contributed by atoms with Crippen molar-refractivity contribution in [3.05, 3.63) is 34.3 Å². The Bertz CT molecular complexity index is 319. The van der Waals surface area contributed by atoms with Gasteiger partial charge in [-0.15, -0.1) is 0 Å². The maximum atomic E-state index is 11.9. The number of alkyl halides is 2. The summed E-state index contributed by atoms with van der Waals surface area (Å²) in [6, 6.07) is 8.04. The zero-order valence-electron chi connectivity index (χ0n) is 9.63. The molecule has 0 fully saturated rings. The lowest BCUT2D eigenvalue weighted by atomic mass is 10.0. The van der Waals surface area contributed by atoms with Crippen LogP contribution in [0.3, 0.4) is 0 Å². The molecule has 0 aliphatic carbocycles. The third-order valence-corrected chi connectivity index (χ3v) is 2.94. The molecule has 1 N–H and O–H groups in total. The van der Waals surface area contributed by atoms with E-state index in [2.05, 4.69) is 21.2 Å². The number of benzene rings is 1. The topological polar surface area (TPSA) is 21.3 Å². The normalized spacial score (nSPS) is 13.0. The Morgan fingerprint density at radius 2 is 1.94 bits per heavy atom. The highest BCUT2D eigenvalue weighted by atomic mass is 79.9. The summed E-state index contributed by atoms with van der Waals surface area (Å²) < 4.78 is 29.6. The van der Waals surface area contributed by atoms with E-state index < -0.39 is 13.0 Å². The van der Waals surface area contributed by atoms with Crippen molar-refractivity contribution in [2.24, 2.45) is 0 Å². The molecule has 2 nitrogen and oxygen atoms in total. The minimum atomic E-state index is -2.39. The highest BCUT2D eigenvalue weighted by molar-refractivity contribution is 9.10. The molecule has 0 radical (unpaired) electrons. The van der Waals surface area contributed by atoms with E-state index in [1.165, 1.54) is 0 Å². The standard InChI is InChI=1S/C12H16BrF2NO/c1-16-11(6-7-17-8-12(14)15)9-2-4-10(13)5-3-9/h2-5,11-12,16H,6-8H2,1H3. The number of rotatable bonds is 7. The second-order valence-electron chi connectivity index (χ2n) is 3.65. The van der Waals surface area contributed by atoms with Crippen LogP contribution < -0.4 is 5.32 Å². The number of nitrogens with one attached hydrogen (secondary N) is 1. The minimum absolute atomic E-state index is 0.126. The van der Waals surface area contributed by atoms with E-state index in [4.69, 9.17) is 4.74 Å². The molecule has 0 saturated heterocycles. The Morgan fingerprint density at radius 3 is 2.47 bits per heavy atom. The lowest BCUT2D eigenvalue weighted by molar-refractivity contribution is 0.0145. The average molecular weight is 308 g/mol. The Labute approximate surface area is 108 Å². The van der Waals surface area contributed by atoms with E-state index >= 15 is 0 Å². The summed E-state index contributed by atoms with van der Waals surface area (Å²) in [5.74, 6) is 0. The van der Waals surface area contributed by atoms with Crippen molar-refractivity contribution in [1.29, 1.82) is 0 Å². The van der Waals surface area contributed by atoms with E-state index in [0.29, 0.717) is 13.0 Å². The highest BCUT2D eigenvalue weighted by Crippen LogP contribution is 2.19. The van der Waals surface area contributed by atoms with Gasteiger partial charge in [-0.3, -0.25) is 0 Å². The predicted molar refractivity (Wildman–Crippen MR) is 67.4 cm³/mol. The van der Waals surface area contributed by atoms with Crippen LogP contribution >= 0.6 is 15.9 Å². The Kier molecular flexibility index (Phi) is 6.62. The molecule has 1 unspecified atom stereocenters. The lowest BCUT2D eigenvalue weighted by Gasteiger charge is -2.16. The summed E-state index contributed by atoms with van der Waals surface area (Å²) in [4.78, 5) is 0. The summed E-state index contributed by atoms with van der Waals surface area (Å²) in [7, 11) is 1.85. The lowest BCUT2D eigenvalue weighted by Crippen LogP contribution is -2.19. The third kappa shape index (κ3) is 5.57. The smallest absolute Gasteiger partial charge is 0.261 e. The van der Waals surface area contributed by atoms with E-state index in [-0.39, 0.29) is 6.04 Å². The summed E-state index contributed by atoms with van der Waals surface area (Å²) in [6.07, 6.45) is -1.72. The van der Waals surface area contributed by atoms with Gasteiger partial charge in [0.05, 0.1) is 0 Å². The zero-order chi connectivity index (χ0) is 12.7. The van der Waals surface area contributed by atoms with Crippen LogP contribution in [0.2, 0.25) is 0 Å². The van der Waals surface area contributed by atoms with Crippen LogP contribution in [-0.2, 0) is 4.74 Å². The van der Waals surface area contributed by atoms with Crippen molar-refractivity contribution in [3.8, 4) is 0 Å². The Morgan fingerprint density at radius 1 is 1.29 bits per heavy atom. The van der Waals surface area contributed by atoms with Gasteiger partial charge in [0.25, 0.3) is 6.43 Å². The summed E-state index contributed by atoms with van der Waals surface area (Å²) in [5.41, 5.74) is 1.12. The quantitative estimate of drug-likeness (QED) is 0.780. The molecular formula is C12H16BrF2NO. The fraction of sp³-hybridized carbons (Fsp3) is 0.500. The van der Waals surface area contributed by atoms with E-state index in [0.717, 1.165) is 10.0 Å². The number of halogens is 3. The molecule has 0 bridgehead atoms. The fourth-order valence-electron chi connectivity index (χ4n) is 1.55. The van der Waals surface area contributed by atoms with Crippen LogP contribution in [0.4, 0.5) is 8.78 Å². The van der Waals surface area contributed by atoms with Gasteiger partial charge in [0.15, 0.2) is 0 Å². The Hall–Kier alpha value is -0.520. The monoisotopic (exact) mass is 307 g/mol. The molecule has 1 aromatic carbocycles. The molecule has 1 atom stereocenters. The summed E-state index contributed by atoms with van der Waals surface area (Å²) in [6.45, 7) is -0.164. The first-order chi connectivity index (χ1) is 8.13. The van der Waals surface area contributed by atoms with Crippen LogP contribution in [0, 0.1) is 0 Å². The van der Waals surface area contributed by atoms with E-state index in [1.807, 2.05) is 31.3 Å². The van der Waals surface area contributed by atoms with Gasteiger partial charge in [0, 0.05) is 17.1 Å². The van der Waals surface area contributed by atoms with Gasteiger partial charge in [0.1, 0.15) is 6.61 Å². The van der Waals surface area contributed by atoms with Gasteiger partial charge in [-0.25, -0.2) is 8.78 Å². The first-order valence-electron chi connectivity index (χ1n) is 5.42. The minimum Gasteiger partial charge on any atom is -0.375 e. The van der Waals surface area contributed by atoms with Crippen LogP contribution in [0.15, 0.2) is 28.7 Å². The highest BCUT2D eigenvalue weighted by Gasteiger charge is 2.09. The molecule has 0 aromatic heterocycles. The maximum absolute atomic E-state index is 11.9. The molecular weight excluding hydrogens is 292 g/mol. The molecule has 0 amide bonds. The first-order valence-corrected chi connectivity index (χ1v) is 6.21. The second kappa shape index (κ2) is 7.74. The first kappa shape index (κ1) is 14.5. The van der Waals surface area contributed by atoms with Gasteiger partial charge in [0.2, 0.25) is 0 Å². The summed E-state index contributed by atoms with van der Waals surface area (Å²) >= 11 is 3.37. The molecule has 0 heterocycles. The van der Waals surface area contributed by atoms with E-state index in [9.17, 15) is 8.78 Å². The SMILES string of the molecule is CNC(CCOCC(F)F)c1ccc(Br)cc1. The molecule has 0 aliphatic rings. The largest absolute Gasteiger partial charge is 0.375 e. The van der Waals surface area contributed by atoms with Crippen molar-refractivity contribution < 1.29 is 13.5 Å². The molecule has 0 aliphatic heterocycles. The average Bonchev–Trinajstić information content (AvgIpc) is 2.30. The fourth-order valence-corrected chi connectivity index (χ4v) is 1.81. The molecule has 17 heavy (non-hydrogen) atoms. The van der Waals surface area contributed by atoms with Crippen molar-refractivity contribution in [3.63, 3.8) is 0 Å². The third-order valence-electron chi connectivity index (χ3n) is 2.42. The molecule has 0 saturated carbocycles. The Balaban J connectivity index is 2.40. The van der Waals surface area contributed by atoms with Gasteiger partial charge < -0.3 is 10.1 Å². The number of hydrogen-bond acceptors (Lipinski definition) is 2. The van der Waals surface area contributed by atoms with Crippen molar-refractivity contribution in [1.82, 2.24) is 5.32 Å². The summed E-state index contributed by atoms with van der Waals surface area (Å²) in [5, 5.41) is 3.14. The van der Waals surface area contributed by atoms with Crippen molar-refractivity contribution in [2.75, 3.05) is 20.3 Å². The van der Waals surface area contributed by atoms with Crippen LogP contribution in [-0.4, -0.2) is 26.7 Å². The molecule has 1 rings (SSSR count). The number of hydrogen-bond donors (Lipinski definition) is 1.